The first kappa shape index (κ1) is 12.4. The highest BCUT2D eigenvalue weighted by Gasteiger charge is 2.13. The van der Waals surface area contributed by atoms with Crippen LogP contribution in [0.15, 0.2) is 0 Å². The Morgan fingerprint density at radius 3 is 2.31 bits per heavy atom. The maximum Gasteiger partial charge on any atom is 0.308 e. The summed E-state index contributed by atoms with van der Waals surface area (Å²) in [4.78, 5) is 11.2. The van der Waals surface area contributed by atoms with Crippen LogP contribution in [0.25, 0.3) is 0 Å². The van der Waals surface area contributed by atoms with E-state index in [1.54, 1.807) is 7.11 Å². The molecule has 3 heteroatoms. The van der Waals surface area contributed by atoms with Crippen molar-refractivity contribution in [1.29, 1.82) is 0 Å². The summed E-state index contributed by atoms with van der Waals surface area (Å²) >= 11 is 0. The molecule has 0 radical (unpaired) electrons. The summed E-state index contributed by atoms with van der Waals surface area (Å²) in [6.07, 6.45) is 1.80. The average molecular weight is 188 g/mol. The second-order valence-corrected chi connectivity index (χ2v) is 3.28. The number of rotatable bonds is 6. The summed E-state index contributed by atoms with van der Waals surface area (Å²) in [5, 5.41) is 0. The minimum Gasteiger partial charge on any atom is -0.436 e. The lowest BCUT2D eigenvalue weighted by Crippen LogP contribution is -2.20. The van der Waals surface area contributed by atoms with E-state index in [-0.39, 0.29) is 12.3 Å². The predicted octanol–water partition coefficient (Wildman–Crippen LogP) is 2.35. The lowest BCUT2D eigenvalue weighted by Gasteiger charge is -2.15. The summed E-state index contributed by atoms with van der Waals surface area (Å²) < 4.78 is 10.0. The van der Waals surface area contributed by atoms with E-state index in [1.165, 1.54) is 0 Å². The largest absolute Gasteiger partial charge is 0.436 e. The summed E-state index contributed by atoms with van der Waals surface area (Å²) in [7, 11) is 1.55. The van der Waals surface area contributed by atoms with Crippen molar-refractivity contribution >= 4 is 5.97 Å². The number of ether oxygens (including phenoxy) is 2. The molecule has 0 aromatic carbocycles. The molecular weight excluding hydrogens is 168 g/mol. The Bertz CT molecular complexity index is 141. The average Bonchev–Trinajstić information content (AvgIpc) is 2.13. The van der Waals surface area contributed by atoms with E-state index < -0.39 is 0 Å². The molecule has 2 atom stereocenters. The van der Waals surface area contributed by atoms with Gasteiger partial charge in [-0.15, -0.1) is 0 Å². The van der Waals surface area contributed by atoms with Gasteiger partial charge in [-0.05, 0) is 5.92 Å². The molecule has 0 aromatic rings. The Kier molecular flexibility index (Phi) is 6.59. The maximum absolute atomic E-state index is 11.2. The molecule has 0 saturated carbocycles. The summed E-state index contributed by atoms with van der Waals surface area (Å²) in [5.41, 5.74) is 0. The topological polar surface area (TPSA) is 35.5 Å². The van der Waals surface area contributed by atoms with Gasteiger partial charge in [-0.3, -0.25) is 4.79 Å². The fraction of sp³-hybridized carbons (Fsp3) is 0.900. The van der Waals surface area contributed by atoms with Crippen molar-refractivity contribution in [2.24, 2.45) is 5.92 Å². The first-order chi connectivity index (χ1) is 6.13. The Morgan fingerprint density at radius 2 is 1.92 bits per heavy atom. The van der Waals surface area contributed by atoms with Crippen LogP contribution in [0.2, 0.25) is 0 Å². The van der Waals surface area contributed by atoms with Crippen LogP contribution in [-0.2, 0) is 14.3 Å². The Balaban J connectivity index is 3.72. The molecule has 0 aliphatic heterocycles. The molecule has 2 unspecified atom stereocenters. The van der Waals surface area contributed by atoms with Crippen LogP contribution in [0, 0.1) is 5.92 Å². The number of esters is 1. The van der Waals surface area contributed by atoms with Crippen molar-refractivity contribution in [3.63, 3.8) is 0 Å². The number of hydrogen-bond acceptors (Lipinski definition) is 3. The van der Waals surface area contributed by atoms with Crippen molar-refractivity contribution in [2.75, 3.05) is 7.11 Å². The smallest absolute Gasteiger partial charge is 0.308 e. The van der Waals surface area contributed by atoms with Gasteiger partial charge < -0.3 is 9.47 Å². The summed E-state index contributed by atoms with van der Waals surface area (Å²) in [6, 6.07) is 0. The number of carbonyl (C=O) groups is 1. The third-order valence-corrected chi connectivity index (χ3v) is 2.07. The zero-order valence-electron chi connectivity index (χ0n) is 9.00. The van der Waals surface area contributed by atoms with Gasteiger partial charge in [0.1, 0.15) is 0 Å². The zero-order valence-corrected chi connectivity index (χ0v) is 9.00. The van der Waals surface area contributed by atoms with Crippen molar-refractivity contribution < 1.29 is 14.3 Å². The van der Waals surface area contributed by atoms with Crippen LogP contribution < -0.4 is 0 Å². The van der Waals surface area contributed by atoms with E-state index in [0.717, 1.165) is 6.42 Å². The van der Waals surface area contributed by atoms with E-state index in [1.807, 2.05) is 13.8 Å². The highest BCUT2D eigenvalue weighted by Crippen LogP contribution is 2.09. The highest BCUT2D eigenvalue weighted by molar-refractivity contribution is 5.69. The fourth-order valence-electron chi connectivity index (χ4n) is 0.922. The third-order valence-electron chi connectivity index (χ3n) is 2.07. The highest BCUT2D eigenvalue weighted by atomic mass is 16.7. The molecule has 0 spiro atoms. The predicted molar refractivity (Wildman–Crippen MR) is 51.3 cm³/mol. The van der Waals surface area contributed by atoms with Crippen LogP contribution >= 0.6 is 0 Å². The van der Waals surface area contributed by atoms with E-state index in [2.05, 4.69) is 6.92 Å². The molecule has 0 fully saturated rings. The van der Waals surface area contributed by atoms with Gasteiger partial charge in [-0.1, -0.05) is 27.2 Å². The Hall–Kier alpha value is -0.570. The summed E-state index contributed by atoms with van der Waals surface area (Å²) in [6.45, 7) is 6.02. The van der Waals surface area contributed by atoms with Crippen LogP contribution in [0.4, 0.5) is 0 Å². The van der Waals surface area contributed by atoms with Crippen LogP contribution in [0.1, 0.15) is 40.0 Å². The molecule has 0 heterocycles. The van der Waals surface area contributed by atoms with E-state index >= 15 is 0 Å². The summed E-state index contributed by atoms with van der Waals surface area (Å²) in [5.74, 6) is 0.227. The monoisotopic (exact) mass is 188 g/mol. The van der Waals surface area contributed by atoms with Crippen LogP contribution in [0.5, 0.6) is 0 Å². The fourth-order valence-corrected chi connectivity index (χ4v) is 0.922. The molecule has 78 valence electrons. The van der Waals surface area contributed by atoms with Gasteiger partial charge in [0.2, 0.25) is 6.29 Å². The van der Waals surface area contributed by atoms with Crippen molar-refractivity contribution in [2.45, 2.75) is 46.3 Å². The van der Waals surface area contributed by atoms with E-state index in [4.69, 9.17) is 9.47 Å². The Labute approximate surface area is 80.4 Å². The van der Waals surface area contributed by atoms with Gasteiger partial charge in [0.15, 0.2) is 0 Å². The molecule has 0 aliphatic carbocycles. The Morgan fingerprint density at radius 1 is 1.31 bits per heavy atom. The second kappa shape index (κ2) is 6.89. The quantitative estimate of drug-likeness (QED) is 0.474. The molecule has 0 saturated heterocycles. The van der Waals surface area contributed by atoms with Crippen LogP contribution in [0.3, 0.4) is 0 Å². The molecule has 13 heavy (non-hydrogen) atoms. The second-order valence-electron chi connectivity index (χ2n) is 3.28. The van der Waals surface area contributed by atoms with Gasteiger partial charge >= 0.3 is 5.97 Å². The van der Waals surface area contributed by atoms with E-state index in [0.29, 0.717) is 18.8 Å². The zero-order chi connectivity index (χ0) is 10.3. The maximum atomic E-state index is 11.2. The van der Waals surface area contributed by atoms with Crippen molar-refractivity contribution in [1.82, 2.24) is 0 Å². The lowest BCUT2D eigenvalue weighted by atomic mass is 10.1. The third kappa shape index (κ3) is 5.64. The van der Waals surface area contributed by atoms with Gasteiger partial charge in [0, 0.05) is 20.0 Å². The van der Waals surface area contributed by atoms with Gasteiger partial charge in [0.25, 0.3) is 0 Å². The molecule has 0 bridgehead atoms. The van der Waals surface area contributed by atoms with Crippen LogP contribution in [-0.4, -0.2) is 19.4 Å². The first-order valence-electron chi connectivity index (χ1n) is 4.86. The molecule has 0 amide bonds. The van der Waals surface area contributed by atoms with Gasteiger partial charge in [-0.25, -0.2) is 0 Å². The molecule has 0 N–H and O–H groups in total. The molecular formula is C10H20O3. The molecule has 0 rings (SSSR count). The van der Waals surface area contributed by atoms with Crippen molar-refractivity contribution in [3.8, 4) is 0 Å². The number of carbonyl (C=O) groups excluding carboxylic acids is 1. The minimum absolute atomic E-state index is 0.164. The van der Waals surface area contributed by atoms with E-state index in [9.17, 15) is 4.79 Å². The standard InChI is InChI=1S/C10H20O3/c1-5-8(3)7-9(11)13-10(6-2)12-4/h8,10H,5-7H2,1-4H3. The van der Waals surface area contributed by atoms with Crippen molar-refractivity contribution in [3.05, 3.63) is 0 Å². The van der Waals surface area contributed by atoms with Gasteiger partial charge in [0.05, 0.1) is 0 Å². The molecule has 0 aliphatic rings. The molecule has 0 aromatic heterocycles. The lowest BCUT2D eigenvalue weighted by molar-refractivity contribution is -0.174. The molecule has 3 nitrogen and oxygen atoms in total. The van der Waals surface area contributed by atoms with Gasteiger partial charge in [-0.2, -0.15) is 0 Å². The normalized spacial score (nSPS) is 15.1. The first-order valence-corrected chi connectivity index (χ1v) is 4.86. The number of methoxy groups -OCH3 is 1. The number of hydrogen-bond donors (Lipinski definition) is 0. The SMILES string of the molecule is CCC(C)CC(=O)OC(CC)OC. The minimum atomic E-state index is -0.378.